The number of aliphatic imine (C=N–C) groups is 1. The summed E-state index contributed by atoms with van der Waals surface area (Å²) in [5.41, 5.74) is 1.86. The number of benzene rings is 2. The molecule has 158 valence electrons. The lowest BCUT2D eigenvalue weighted by molar-refractivity contribution is -0.120. The second-order valence-electron chi connectivity index (χ2n) is 6.18. The number of hydrogen-bond acceptors (Lipinski definition) is 3. The van der Waals surface area contributed by atoms with Gasteiger partial charge < -0.3 is 20.7 Å². The number of ether oxygens (including phenoxy) is 1. The van der Waals surface area contributed by atoms with Crippen molar-refractivity contribution in [3.63, 3.8) is 0 Å². The molecule has 0 fully saturated rings. The Morgan fingerprint density at radius 2 is 1.69 bits per heavy atom. The van der Waals surface area contributed by atoms with Crippen LogP contribution in [0.2, 0.25) is 0 Å². The Hall–Kier alpha value is -2.36. The molecular weight excluding hydrogens is 486 g/mol. The van der Waals surface area contributed by atoms with Crippen molar-refractivity contribution in [1.82, 2.24) is 16.0 Å². The molecule has 0 saturated heterocycles. The van der Waals surface area contributed by atoms with Crippen LogP contribution in [0.3, 0.4) is 0 Å². The van der Waals surface area contributed by atoms with E-state index in [9.17, 15) is 9.18 Å². The summed E-state index contributed by atoms with van der Waals surface area (Å²) < 4.78 is 18.3. The standard InChI is InChI=1S/C21H27FN4O2.HI/c1-23-21(25-11-10-16-6-8-19(28-2)9-7-16)26-13-12-24-20(27)15-17-4-3-5-18(22)14-17;/h3-9,14H,10-13,15H2,1-2H3,(H,24,27)(H2,23,25,26);1H. The maximum atomic E-state index is 13.1. The molecule has 2 rings (SSSR count). The highest BCUT2D eigenvalue weighted by Gasteiger charge is 2.04. The van der Waals surface area contributed by atoms with Gasteiger partial charge in [-0.2, -0.15) is 0 Å². The molecule has 0 saturated carbocycles. The van der Waals surface area contributed by atoms with Crippen molar-refractivity contribution in [2.75, 3.05) is 33.8 Å². The van der Waals surface area contributed by atoms with E-state index < -0.39 is 0 Å². The van der Waals surface area contributed by atoms with E-state index in [0.717, 1.165) is 18.7 Å². The lowest BCUT2D eigenvalue weighted by Gasteiger charge is -2.12. The summed E-state index contributed by atoms with van der Waals surface area (Å²) in [7, 11) is 3.35. The molecule has 0 radical (unpaired) electrons. The number of nitrogens with one attached hydrogen (secondary N) is 3. The first-order chi connectivity index (χ1) is 13.6. The normalized spacial score (nSPS) is 10.7. The van der Waals surface area contributed by atoms with E-state index >= 15 is 0 Å². The van der Waals surface area contributed by atoms with Gasteiger partial charge in [0.2, 0.25) is 5.91 Å². The third-order valence-corrected chi connectivity index (χ3v) is 4.08. The van der Waals surface area contributed by atoms with Gasteiger partial charge in [0.1, 0.15) is 11.6 Å². The molecule has 0 atom stereocenters. The monoisotopic (exact) mass is 514 g/mol. The van der Waals surface area contributed by atoms with Crippen LogP contribution in [0.15, 0.2) is 53.5 Å². The lowest BCUT2D eigenvalue weighted by atomic mass is 10.1. The molecule has 29 heavy (non-hydrogen) atoms. The van der Waals surface area contributed by atoms with Crippen LogP contribution in [0.25, 0.3) is 0 Å². The van der Waals surface area contributed by atoms with E-state index in [1.807, 2.05) is 24.3 Å². The summed E-state index contributed by atoms with van der Waals surface area (Å²) in [4.78, 5) is 16.1. The molecule has 2 aromatic carbocycles. The zero-order chi connectivity index (χ0) is 20.2. The third-order valence-electron chi connectivity index (χ3n) is 4.08. The minimum atomic E-state index is -0.337. The third kappa shape index (κ3) is 9.60. The molecule has 0 aliphatic heterocycles. The highest BCUT2D eigenvalue weighted by atomic mass is 127. The van der Waals surface area contributed by atoms with Crippen LogP contribution in [0.1, 0.15) is 11.1 Å². The maximum absolute atomic E-state index is 13.1. The predicted octanol–water partition coefficient (Wildman–Crippen LogP) is 2.52. The minimum Gasteiger partial charge on any atom is -0.497 e. The summed E-state index contributed by atoms with van der Waals surface area (Å²) in [5, 5.41) is 9.18. The molecule has 0 aliphatic rings. The molecule has 3 N–H and O–H groups in total. The van der Waals surface area contributed by atoms with Crippen molar-refractivity contribution in [1.29, 1.82) is 0 Å². The first kappa shape index (κ1) is 24.7. The summed E-state index contributed by atoms with van der Waals surface area (Å²) in [5.74, 6) is 1.04. The molecule has 0 aromatic heterocycles. The largest absolute Gasteiger partial charge is 0.497 e. The van der Waals surface area contributed by atoms with E-state index in [1.54, 1.807) is 26.3 Å². The smallest absolute Gasteiger partial charge is 0.224 e. The lowest BCUT2D eigenvalue weighted by Crippen LogP contribution is -2.42. The number of nitrogens with zero attached hydrogens (tertiary/aromatic N) is 1. The van der Waals surface area contributed by atoms with Crippen molar-refractivity contribution in [2.24, 2.45) is 4.99 Å². The number of carbonyl (C=O) groups excluding carboxylic acids is 1. The number of hydrogen-bond donors (Lipinski definition) is 3. The van der Waals surface area contributed by atoms with Crippen LogP contribution < -0.4 is 20.7 Å². The Labute approximate surface area is 188 Å². The highest BCUT2D eigenvalue weighted by molar-refractivity contribution is 14.0. The van der Waals surface area contributed by atoms with Crippen LogP contribution in [-0.4, -0.2) is 45.7 Å². The Kier molecular flexibility index (Phi) is 11.7. The van der Waals surface area contributed by atoms with Crippen LogP contribution in [0.5, 0.6) is 5.75 Å². The fourth-order valence-corrected chi connectivity index (χ4v) is 2.62. The molecule has 1 amide bonds. The Balaban J connectivity index is 0.00000420. The second kappa shape index (κ2) is 13.8. The zero-order valence-corrected chi connectivity index (χ0v) is 19.0. The minimum absolute atomic E-state index is 0. The van der Waals surface area contributed by atoms with Crippen molar-refractivity contribution < 1.29 is 13.9 Å². The van der Waals surface area contributed by atoms with Gasteiger partial charge in [-0.3, -0.25) is 9.79 Å². The molecule has 2 aromatic rings. The first-order valence-electron chi connectivity index (χ1n) is 9.19. The van der Waals surface area contributed by atoms with E-state index in [0.29, 0.717) is 24.6 Å². The fraction of sp³-hybridized carbons (Fsp3) is 0.333. The van der Waals surface area contributed by atoms with Gasteiger partial charge in [0, 0.05) is 26.7 Å². The number of carbonyl (C=O) groups is 1. The number of halogens is 2. The van der Waals surface area contributed by atoms with Crippen LogP contribution in [0, 0.1) is 5.82 Å². The summed E-state index contributed by atoms with van der Waals surface area (Å²) in [6, 6.07) is 14.0. The molecule has 0 unspecified atom stereocenters. The van der Waals surface area contributed by atoms with Gasteiger partial charge in [0.25, 0.3) is 0 Å². The summed E-state index contributed by atoms with van der Waals surface area (Å²) >= 11 is 0. The van der Waals surface area contributed by atoms with Crippen LogP contribution in [0.4, 0.5) is 4.39 Å². The maximum Gasteiger partial charge on any atom is 0.224 e. The van der Waals surface area contributed by atoms with Gasteiger partial charge in [0.05, 0.1) is 13.5 Å². The van der Waals surface area contributed by atoms with E-state index in [2.05, 4.69) is 20.9 Å². The Morgan fingerprint density at radius 1 is 1.00 bits per heavy atom. The van der Waals surface area contributed by atoms with E-state index in [4.69, 9.17) is 4.74 Å². The molecule has 0 heterocycles. The number of rotatable bonds is 9. The van der Waals surface area contributed by atoms with Crippen molar-refractivity contribution in [3.05, 3.63) is 65.5 Å². The topological polar surface area (TPSA) is 74.8 Å². The van der Waals surface area contributed by atoms with Crippen molar-refractivity contribution in [2.45, 2.75) is 12.8 Å². The van der Waals surface area contributed by atoms with E-state index in [1.165, 1.54) is 17.7 Å². The molecular formula is C21H28FIN4O2. The fourth-order valence-electron chi connectivity index (χ4n) is 2.62. The van der Waals surface area contributed by atoms with Crippen LogP contribution >= 0.6 is 24.0 Å². The Bertz CT molecular complexity index is 785. The Morgan fingerprint density at radius 3 is 2.34 bits per heavy atom. The number of amides is 1. The molecule has 0 bridgehead atoms. The zero-order valence-electron chi connectivity index (χ0n) is 16.7. The second-order valence-corrected chi connectivity index (χ2v) is 6.18. The molecule has 0 aliphatic carbocycles. The van der Waals surface area contributed by atoms with Gasteiger partial charge in [-0.25, -0.2) is 4.39 Å². The van der Waals surface area contributed by atoms with Gasteiger partial charge in [-0.15, -0.1) is 24.0 Å². The summed E-state index contributed by atoms with van der Waals surface area (Å²) in [6.07, 6.45) is 1.02. The van der Waals surface area contributed by atoms with Gasteiger partial charge in [-0.05, 0) is 41.8 Å². The average Bonchev–Trinajstić information content (AvgIpc) is 2.70. The van der Waals surface area contributed by atoms with Gasteiger partial charge >= 0.3 is 0 Å². The van der Waals surface area contributed by atoms with Crippen LogP contribution in [-0.2, 0) is 17.6 Å². The first-order valence-corrected chi connectivity index (χ1v) is 9.19. The van der Waals surface area contributed by atoms with Crippen molar-refractivity contribution >= 4 is 35.8 Å². The van der Waals surface area contributed by atoms with Crippen molar-refractivity contribution in [3.8, 4) is 5.75 Å². The molecule has 6 nitrogen and oxygen atoms in total. The van der Waals surface area contributed by atoms with E-state index in [-0.39, 0.29) is 42.1 Å². The molecule has 8 heteroatoms. The quantitative estimate of drug-likeness (QED) is 0.208. The molecule has 0 spiro atoms. The van der Waals surface area contributed by atoms with Gasteiger partial charge in [-0.1, -0.05) is 24.3 Å². The van der Waals surface area contributed by atoms with Gasteiger partial charge in [0.15, 0.2) is 5.96 Å². The average molecular weight is 514 g/mol. The SMILES string of the molecule is CN=C(NCCNC(=O)Cc1cccc(F)c1)NCCc1ccc(OC)cc1.I. The number of methoxy groups -OCH3 is 1. The number of guanidine groups is 1. The predicted molar refractivity (Wildman–Crippen MR) is 125 cm³/mol. The summed E-state index contributed by atoms with van der Waals surface area (Å²) in [6.45, 7) is 1.72. The highest BCUT2D eigenvalue weighted by Crippen LogP contribution is 2.11.